The molecule has 2 atom stereocenters. The molecule has 1 heterocycles. The molecule has 0 bridgehead atoms. The van der Waals surface area contributed by atoms with Gasteiger partial charge in [0.05, 0.1) is 5.69 Å². The van der Waals surface area contributed by atoms with Gasteiger partial charge in [-0.15, -0.1) is 0 Å². The minimum Gasteiger partial charge on any atom is -0.323 e. The molecule has 4 heteroatoms. The van der Waals surface area contributed by atoms with Gasteiger partial charge in [0.25, 0.3) is 0 Å². The Kier molecular flexibility index (Phi) is 3.49. The van der Waals surface area contributed by atoms with Crippen LogP contribution < -0.4 is 5.73 Å². The number of pyridine rings is 1. The first kappa shape index (κ1) is 13.2. The first-order valence-electron chi connectivity index (χ1n) is 6.80. The van der Waals surface area contributed by atoms with Crippen LogP contribution in [-0.4, -0.2) is 4.98 Å². The number of nitrogens with two attached hydrogens (primary N) is 1. The van der Waals surface area contributed by atoms with Gasteiger partial charge >= 0.3 is 0 Å². The fourth-order valence-corrected chi connectivity index (χ4v) is 2.94. The lowest BCUT2D eigenvalue weighted by molar-refractivity contribution is 0.474. The summed E-state index contributed by atoms with van der Waals surface area (Å²) in [6.45, 7) is 0. The van der Waals surface area contributed by atoms with Crippen molar-refractivity contribution in [1.29, 1.82) is 0 Å². The van der Waals surface area contributed by atoms with Crippen LogP contribution in [0.3, 0.4) is 0 Å². The third-order valence-corrected chi connectivity index (χ3v) is 3.99. The third kappa shape index (κ3) is 2.31. The van der Waals surface area contributed by atoms with E-state index in [2.05, 4.69) is 4.98 Å². The molecule has 0 fully saturated rings. The molecule has 1 aromatic carbocycles. The second kappa shape index (κ2) is 5.29. The second-order valence-electron chi connectivity index (χ2n) is 5.28. The van der Waals surface area contributed by atoms with E-state index in [4.69, 9.17) is 5.73 Å². The molecule has 1 aliphatic rings. The lowest BCUT2D eigenvalue weighted by Crippen LogP contribution is -2.12. The van der Waals surface area contributed by atoms with Crippen molar-refractivity contribution in [1.82, 2.24) is 4.98 Å². The molecule has 3 rings (SSSR count). The minimum absolute atomic E-state index is 0.0535. The zero-order chi connectivity index (χ0) is 14.1. The molecule has 2 N–H and O–H groups in total. The molecule has 2 aromatic rings. The van der Waals surface area contributed by atoms with Gasteiger partial charge in [-0.25, -0.2) is 8.78 Å². The highest BCUT2D eigenvalue weighted by Gasteiger charge is 2.25. The highest BCUT2D eigenvalue weighted by molar-refractivity contribution is 5.30. The number of halogens is 2. The van der Waals surface area contributed by atoms with Crippen molar-refractivity contribution in [2.75, 3.05) is 0 Å². The van der Waals surface area contributed by atoms with Crippen LogP contribution in [0.1, 0.15) is 41.6 Å². The van der Waals surface area contributed by atoms with Gasteiger partial charge in [-0.3, -0.25) is 4.98 Å². The molecule has 1 aliphatic carbocycles. The number of nitrogens with zero attached hydrogens (tertiary/aromatic N) is 1. The molecule has 1 aromatic heterocycles. The van der Waals surface area contributed by atoms with E-state index in [9.17, 15) is 8.78 Å². The fourth-order valence-electron chi connectivity index (χ4n) is 2.94. The molecule has 20 heavy (non-hydrogen) atoms. The predicted octanol–water partition coefficient (Wildman–Crippen LogP) is 3.48. The van der Waals surface area contributed by atoms with Crippen LogP contribution in [0.4, 0.5) is 8.78 Å². The van der Waals surface area contributed by atoms with Crippen LogP contribution in [0.5, 0.6) is 0 Å². The van der Waals surface area contributed by atoms with Gasteiger partial charge in [0.15, 0.2) is 11.6 Å². The molecular weight excluding hydrogens is 258 g/mol. The van der Waals surface area contributed by atoms with Crippen LogP contribution in [0, 0.1) is 11.6 Å². The molecule has 0 amide bonds. The highest BCUT2D eigenvalue weighted by atomic mass is 19.2. The average molecular weight is 274 g/mol. The first-order chi connectivity index (χ1) is 9.66. The Morgan fingerprint density at radius 2 is 1.95 bits per heavy atom. The van der Waals surface area contributed by atoms with Gasteiger partial charge in [0.1, 0.15) is 0 Å². The fraction of sp³-hybridized carbons (Fsp3) is 0.312. The predicted molar refractivity (Wildman–Crippen MR) is 73.2 cm³/mol. The Balaban J connectivity index is 1.99. The maximum atomic E-state index is 14.0. The van der Waals surface area contributed by atoms with E-state index < -0.39 is 11.6 Å². The van der Waals surface area contributed by atoms with Crippen molar-refractivity contribution < 1.29 is 8.78 Å². The van der Waals surface area contributed by atoms with Crippen LogP contribution >= 0.6 is 0 Å². The SMILES string of the molecule is N[C@H]1CC[C@@H](c2cccc(F)c2F)Cc2cccnc21. The van der Waals surface area contributed by atoms with Crippen molar-refractivity contribution in [3.05, 3.63) is 65.0 Å². The van der Waals surface area contributed by atoms with Crippen LogP contribution in [0.15, 0.2) is 36.5 Å². The summed E-state index contributed by atoms with van der Waals surface area (Å²) in [4.78, 5) is 4.34. The first-order valence-corrected chi connectivity index (χ1v) is 6.80. The smallest absolute Gasteiger partial charge is 0.162 e. The number of fused-ring (bicyclic) bond motifs is 1. The Bertz CT molecular complexity index is 628. The Morgan fingerprint density at radius 1 is 1.10 bits per heavy atom. The summed E-state index contributed by atoms with van der Waals surface area (Å²) in [6.07, 6.45) is 3.83. The summed E-state index contributed by atoms with van der Waals surface area (Å²) in [5.74, 6) is -1.58. The molecule has 0 spiro atoms. The van der Waals surface area contributed by atoms with Crippen LogP contribution in [0.2, 0.25) is 0 Å². The topological polar surface area (TPSA) is 38.9 Å². The number of benzene rings is 1. The number of aromatic nitrogens is 1. The van der Waals surface area contributed by atoms with Crippen molar-refractivity contribution >= 4 is 0 Å². The van der Waals surface area contributed by atoms with E-state index >= 15 is 0 Å². The number of hydrogen-bond acceptors (Lipinski definition) is 2. The Morgan fingerprint density at radius 3 is 2.80 bits per heavy atom. The summed E-state index contributed by atoms with van der Waals surface area (Å²) in [5.41, 5.74) is 8.48. The summed E-state index contributed by atoms with van der Waals surface area (Å²) in [5, 5.41) is 0. The van der Waals surface area contributed by atoms with Crippen molar-refractivity contribution in [2.45, 2.75) is 31.2 Å². The zero-order valence-electron chi connectivity index (χ0n) is 11.0. The molecule has 2 nitrogen and oxygen atoms in total. The van der Waals surface area contributed by atoms with Crippen LogP contribution in [-0.2, 0) is 6.42 Å². The molecule has 0 saturated carbocycles. The lowest BCUT2D eigenvalue weighted by atomic mass is 9.90. The number of hydrogen-bond donors (Lipinski definition) is 1. The van der Waals surface area contributed by atoms with Gasteiger partial charge < -0.3 is 5.73 Å². The second-order valence-corrected chi connectivity index (χ2v) is 5.28. The van der Waals surface area contributed by atoms with Gasteiger partial charge in [0.2, 0.25) is 0 Å². The third-order valence-electron chi connectivity index (χ3n) is 3.99. The normalized spacial score (nSPS) is 22.1. The summed E-state index contributed by atoms with van der Waals surface area (Å²) < 4.78 is 27.4. The van der Waals surface area contributed by atoms with Crippen molar-refractivity contribution in [2.24, 2.45) is 5.73 Å². The molecule has 0 radical (unpaired) electrons. The quantitative estimate of drug-likeness (QED) is 0.809. The molecule has 0 saturated heterocycles. The standard InChI is InChI=1S/C16H16F2N2/c17-13-5-1-4-12(15(13)18)10-6-7-14(19)16-11(9-10)3-2-8-20-16/h1-5,8,10,14H,6-7,9,19H2/t10-,14+/m1/s1. The van der Waals surface area contributed by atoms with Gasteiger partial charge in [-0.2, -0.15) is 0 Å². The van der Waals surface area contributed by atoms with Gasteiger partial charge in [0, 0.05) is 12.2 Å². The largest absolute Gasteiger partial charge is 0.323 e. The molecule has 0 aliphatic heterocycles. The van der Waals surface area contributed by atoms with E-state index in [0.717, 1.165) is 30.2 Å². The monoisotopic (exact) mass is 274 g/mol. The molecule has 0 unspecified atom stereocenters. The molecular formula is C16H16F2N2. The van der Waals surface area contributed by atoms with Crippen molar-refractivity contribution in [3.63, 3.8) is 0 Å². The summed E-state index contributed by atoms with van der Waals surface area (Å²) in [7, 11) is 0. The van der Waals surface area contributed by atoms with E-state index in [1.165, 1.54) is 0 Å². The Labute approximate surface area is 116 Å². The summed E-state index contributed by atoms with van der Waals surface area (Å²) >= 11 is 0. The average Bonchev–Trinajstić information content (AvgIpc) is 2.62. The molecule has 104 valence electrons. The maximum Gasteiger partial charge on any atom is 0.162 e. The van der Waals surface area contributed by atoms with E-state index in [0.29, 0.717) is 12.0 Å². The zero-order valence-corrected chi connectivity index (χ0v) is 11.0. The van der Waals surface area contributed by atoms with E-state index in [1.54, 1.807) is 18.3 Å². The maximum absolute atomic E-state index is 14.0. The highest BCUT2D eigenvalue weighted by Crippen LogP contribution is 2.35. The van der Waals surface area contributed by atoms with Gasteiger partial charge in [-0.05, 0) is 48.4 Å². The van der Waals surface area contributed by atoms with E-state index in [1.807, 2.05) is 12.1 Å². The van der Waals surface area contributed by atoms with Crippen molar-refractivity contribution in [3.8, 4) is 0 Å². The Hall–Kier alpha value is -1.81. The van der Waals surface area contributed by atoms with Crippen LogP contribution in [0.25, 0.3) is 0 Å². The summed E-state index contributed by atoms with van der Waals surface area (Å²) in [6, 6.07) is 8.07. The minimum atomic E-state index is -0.789. The van der Waals surface area contributed by atoms with Gasteiger partial charge in [-0.1, -0.05) is 18.2 Å². The lowest BCUT2D eigenvalue weighted by Gasteiger charge is -2.16. The van der Waals surface area contributed by atoms with E-state index in [-0.39, 0.29) is 12.0 Å². The number of rotatable bonds is 1.